The molecule has 20 heavy (non-hydrogen) atoms. The first-order valence-corrected chi connectivity index (χ1v) is 5.94. The summed E-state index contributed by atoms with van der Waals surface area (Å²) < 4.78 is 0. The molecule has 0 fully saturated rings. The van der Waals surface area contributed by atoms with Crippen molar-refractivity contribution >= 4 is 29.2 Å². The minimum atomic E-state index is -1.18. The Morgan fingerprint density at radius 2 is 2.20 bits per heavy atom. The highest BCUT2D eigenvalue weighted by Crippen LogP contribution is 2.19. The van der Waals surface area contributed by atoms with E-state index in [1.807, 2.05) is 6.92 Å². The van der Waals surface area contributed by atoms with Crippen molar-refractivity contribution in [3.63, 3.8) is 0 Å². The predicted octanol–water partition coefficient (Wildman–Crippen LogP) is 1.67. The van der Waals surface area contributed by atoms with E-state index in [1.54, 1.807) is 24.3 Å². The average Bonchev–Trinajstić information content (AvgIpc) is 2.39. The molecule has 0 saturated heterocycles. The number of carboxylic acids is 1. The zero-order chi connectivity index (χ0) is 15.1. The minimum Gasteiger partial charge on any atom is -0.480 e. The van der Waals surface area contributed by atoms with Gasteiger partial charge in [-0.15, -0.1) is 0 Å². The van der Waals surface area contributed by atoms with Crippen LogP contribution in [-0.4, -0.2) is 23.5 Å². The van der Waals surface area contributed by atoms with Crippen molar-refractivity contribution in [1.82, 2.24) is 5.32 Å². The van der Waals surface area contributed by atoms with Gasteiger partial charge in [-0.2, -0.15) is 5.26 Å². The summed E-state index contributed by atoms with van der Waals surface area (Å²) in [5.74, 6) is -1.94. The van der Waals surface area contributed by atoms with E-state index in [0.717, 1.165) is 5.56 Å². The highest BCUT2D eigenvalue weighted by Gasteiger charge is 2.10. The summed E-state index contributed by atoms with van der Waals surface area (Å²) in [6, 6.07) is 6.80. The van der Waals surface area contributed by atoms with Crippen molar-refractivity contribution in [3.8, 4) is 6.07 Å². The molecule has 0 bridgehead atoms. The fourth-order valence-corrected chi connectivity index (χ4v) is 1.57. The van der Waals surface area contributed by atoms with Crippen LogP contribution in [0.4, 0.5) is 5.69 Å². The number of hydrogen-bond acceptors (Lipinski definition) is 4. The molecule has 0 atom stereocenters. The van der Waals surface area contributed by atoms with Gasteiger partial charge in [0.15, 0.2) is 0 Å². The van der Waals surface area contributed by atoms with Crippen LogP contribution < -0.4 is 10.6 Å². The molecule has 1 aromatic carbocycles. The molecular formula is C13H12ClN3O3. The Morgan fingerprint density at radius 1 is 1.50 bits per heavy atom. The Morgan fingerprint density at radius 3 is 2.75 bits per heavy atom. The molecule has 0 aromatic heterocycles. The van der Waals surface area contributed by atoms with Crippen LogP contribution in [0.3, 0.4) is 0 Å². The molecular weight excluding hydrogens is 282 g/mol. The Bertz CT molecular complexity index is 605. The Balaban J connectivity index is 2.77. The van der Waals surface area contributed by atoms with Gasteiger partial charge in [-0.05, 0) is 30.7 Å². The summed E-state index contributed by atoms with van der Waals surface area (Å²) in [5, 5.41) is 22.8. The second-order valence-corrected chi connectivity index (χ2v) is 4.29. The molecule has 104 valence electrons. The maximum atomic E-state index is 11.5. The van der Waals surface area contributed by atoms with Crippen LogP contribution in [-0.2, 0) is 9.59 Å². The highest BCUT2D eigenvalue weighted by molar-refractivity contribution is 6.30. The molecule has 1 amide bonds. The Labute approximate surface area is 120 Å². The molecule has 0 aliphatic heterocycles. The van der Waals surface area contributed by atoms with E-state index in [0.29, 0.717) is 10.7 Å². The van der Waals surface area contributed by atoms with Gasteiger partial charge in [0, 0.05) is 16.9 Å². The second-order valence-electron chi connectivity index (χ2n) is 3.85. The Hall–Kier alpha value is -2.52. The normalized spacial score (nSPS) is 10.6. The summed E-state index contributed by atoms with van der Waals surface area (Å²) in [6.45, 7) is 1.27. The van der Waals surface area contributed by atoms with Gasteiger partial charge in [0.25, 0.3) is 5.91 Å². The van der Waals surface area contributed by atoms with Gasteiger partial charge < -0.3 is 15.7 Å². The van der Waals surface area contributed by atoms with Crippen molar-refractivity contribution < 1.29 is 14.7 Å². The van der Waals surface area contributed by atoms with Crippen LogP contribution in [0.25, 0.3) is 0 Å². The standard InChI is InChI=1S/C13H12ClN3O3/c1-8-4-10(14)2-3-11(8)16-6-9(5-15)13(20)17-7-12(18)19/h2-4,6,16H,7H2,1H3,(H,17,20)(H,18,19)/b9-6-. The van der Waals surface area contributed by atoms with Crippen molar-refractivity contribution in [1.29, 1.82) is 5.26 Å². The van der Waals surface area contributed by atoms with Crippen molar-refractivity contribution in [2.75, 3.05) is 11.9 Å². The van der Waals surface area contributed by atoms with E-state index < -0.39 is 18.4 Å². The second kappa shape index (κ2) is 7.16. The monoisotopic (exact) mass is 293 g/mol. The number of carbonyl (C=O) groups excluding carboxylic acids is 1. The molecule has 7 heteroatoms. The highest BCUT2D eigenvalue weighted by atomic mass is 35.5. The van der Waals surface area contributed by atoms with E-state index in [2.05, 4.69) is 10.6 Å². The number of benzene rings is 1. The maximum Gasteiger partial charge on any atom is 0.322 e. The molecule has 6 nitrogen and oxygen atoms in total. The lowest BCUT2D eigenvalue weighted by Gasteiger charge is -2.06. The summed E-state index contributed by atoms with van der Waals surface area (Å²) in [5.41, 5.74) is 1.31. The predicted molar refractivity (Wildman–Crippen MR) is 74.2 cm³/mol. The lowest BCUT2D eigenvalue weighted by Crippen LogP contribution is -2.30. The number of hydrogen-bond donors (Lipinski definition) is 3. The van der Waals surface area contributed by atoms with Gasteiger partial charge in [-0.25, -0.2) is 0 Å². The number of anilines is 1. The van der Waals surface area contributed by atoms with Crippen LogP contribution in [0.15, 0.2) is 30.0 Å². The molecule has 0 saturated carbocycles. The number of rotatable bonds is 5. The number of nitrogens with zero attached hydrogens (tertiary/aromatic N) is 1. The first-order valence-electron chi connectivity index (χ1n) is 5.57. The number of nitriles is 1. The van der Waals surface area contributed by atoms with E-state index >= 15 is 0 Å². The van der Waals surface area contributed by atoms with E-state index in [-0.39, 0.29) is 5.57 Å². The van der Waals surface area contributed by atoms with Gasteiger partial charge in [0.2, 0.25) is 0 Å². The molecule has 0 aliphatic rings. The van der Waals surface area contributed by atoms with Crippen molar-refractivity contribution in [2.24, 2.45) is 0 Å². The summed E-state index contributed by atoms with van der Waals surface area (Å²) in [6.07, 6.45) is 1.22. The third-order valence-corrected chi connectivity index (χ3v) is 2.56. The molecule has 1 rings (SSSR count). The fourth-order valence-electron chi connectivity index (χ4n) is 1.34. The number of halogens is 1. The number of carboxylic acid groups (broad SMARTS) is 1. The van der Waals surface area contributed by atoms with E-state index in [1.165, 1.54) is 6.20 Å². The van der Waals surface area contributed by atoms with Crippen molar-refractivity contribution in [3.05, 3.63) is 40.6 Å². The maximum absolute atomic E-state index is 11.5. The first kappa shape index (κ1) is 15.5. The van der Waals surface area contributed by atoms with Crippen molar-refractivity contribution in [2.45, 2.75) is 6.92 Å². The smallest absolute Gasteiger partial charge is 0.322 e. The lowest BCUT2D eigenvalue weighted by atomic mass is 10.2. The van der Waals surface area contributed by atoms with E-state index in [4.69, 9.17) is 22.0 Å². The number of aryl methyl sites for hydroxylation is 1. The number of amides is 1. The zero-order valence-electron chi connectivity index (χ0n) is 10.6. The van der Waals surface area contributed by atoms with Crippen LogP contribution >= 0.6 is 11.6 Å². The molecule has 0 spiro atoms. The first-order chi connectivity index (χ1) is 9.43. The third kappa shape index (κ3) is 4.63. The molecule has 1 aromatic rings. The topological polar surface area (TPSA) is 102 Å². The fraction of sp³-hybridized carbons (Fsp3) is 0.154. The van der Waals surface area contributed by atoms with E-state index in [9.17, 15) is 9.59 Å². The number of aliphatic carboxylic acids is 1. The summed E-state index contributed by atoms with van der Waals surface area (Å²) >= 11 is 5.81. The summed E-state index contributed by atoms with van der Waals surface area (Å²) in [7, 11) is 0. The molecule has 3 N–H and O–H groups in total. The Kier molecular flexibility index (Phi) is 5.56. The average molecular weight is 294 g/mol. The SMILES string of the molecule is Cc1cc(Cl)ccc1N/C=C(/C#N)C(=O)NCC(=O)O. The van der Waals surface area contributed by atoms with Gasteiger partial charge in [-0.1, -0.05) is 11.6 Å². The third-order valence-electron chi connectivity index (χ3n) is 2.33. The quantitative estimate of drug-likeness (QED) is 0.566. The minimum absolute atomic E-state index is 0.222. The lowest BCUT2D eigenvalue weighted by molar-refractivity contribution is -0.137. The van der Waals surface area contributed by atoms with Crippen LogP contribution in [0.1, 0.15) is 5.56 Å². The molecule has 0 unspecified atom stereocenters. The molecule has 0 aliphatic carbocycles. The van der Waals surface area contributed by atoms with Crippen LogP contribution in [0.5, 0.6) is 0 Å². The van der Waals surface area contributed by atoms with Gasteiger partial charge in [0.1, 0.15) is 18.2 Å². The van der Waals surface area contributed by atoms with Crippen LogP contribution in [0.2, 0.25) is 5.02 Å². The zero-order valence-corrected chi connectivity index (χ0v) is 11.4. The largest absolute Gasteiger partial charge is 0.480 e. The van der Waals surface area contributed by atoms with Gasteiger partial charge in [0.05, 0.1) is 0 Å². The number of nitrogens with one attached hydrogen (secondary N) is 2. The molecule has 0 radical (unpaired) electrons. The number of carbonyl (C=O) groups is 2. The van der Waals surface area contributed by atoms with Gasteiger partial charge >= 0.3 is 5.97 Å². The van der Waals surface area contributed by atoms with Crippen LogP contribution in [0, 0.1) is 18.3 Å². The summed E-state index contributed by atoms with van der Waals surface area (Å²) in [4.78, 5) is 21.8. The van der Waals surface area contributed by atoms with Gasteiger partial charge in [-0.3, -0.25) is 9.59 Å². The molecule has 0 heterocycles.